The first-order chi connectivity index (χ1) is 12.2. The number of benzene rings is 3. The van der Waals surface area contributed by atoms with Gasteiger partial charge in [-0.2, -0.15) is 0 Å². The van der Waals surface area contributed by atoms with Crippen LogP contribution in [0.5, 0.6) is 5.75 Å². The molecule has 122 valence electrons. The van der Waals surface area contributed by atoms with Crippen molar-refractivity contribution in [2.75, 3.05) is 7.11 Å². The molecule has 0 atom stereocenters. The van der Waals surface area contributed by atoms with Crippen LogP contribution < -0.4 is 4.74 Å². The smallest absolute Gasteiger partial charge is 0.119 e. The third-order valence-corrected chi connectivity index (χ3v) is 4.47. The van der Waals surface area contributed by atoms with Gasteiger partial charge in [-0.25, -0.2) is 0 Å². The van der Waals surface area contributed by atoms with Gasteiger partial charge in [0.15, 0.2) is 0 Å². The molecule has 0 aliphatic heterocycles. The van der Waals surface area contributed by atoms with Crippen LogP contribution in [-0.2, 0) is 0 Å². The zero-order valence-corrected chi connectivity index (χ0v) is 14.4. The van der Waals surface area contributed by atoms with Crippen molar-refractivity contribution in [3.63, 3.8) is 0 Å². The van der Waals surface area contributed by atoms with E-state index >= 15 is 0 Å². The van der Waals surface area contributed by atoms with Crippen molar-refractivity contribution in [2.45, 2.75) is 6.92 Å². The Morgan fingerprint density at radius 3 is 2.40 bits per heavy atom. The molecule has 0 unspecified atom stereocenters. The molecule has 0 saturated heterocycles. The van der Waals surface area contributed by atoms with E-state index in [9.17, 15) is 0 Å². The van der Waals surface area contributed by atoms with Crippen molar-refractivity contribution in [1.29, 1.82) is 0 Å². The van der Waals surface area contributed by atoms with Gasteiger partial charge in [0.2, 0.25) is 0 Å². The number of hydrogen-bond donors (Lipinski definition) is 0. The highest BCUT2D eigenvalue weighted by Crippen LogP contribution is 2.34. The quantitative estimate of drug-likeness (QED) is 0.469. The number of fused-ring (bicyclic) bond motifs is 1. The summed E-state index contributed by atoms with van der Waals surface area (Å²) in [7, 11) is 1.70. The van der Waals surface area contributed by atoms with E-state index in [1.54, 1.807) is 7.11 Å². The average molecular weight is 325 g/mol. The third-order valence-electron chi connectivity index (χ3n) is 4.47. The van der Waals surface area contributed by atoms with Crippen LogP contribution in [0.3, 0.4) is 0 Å². The fourth-order valence-electron chi connectivity index (χ4n) is 3.16. The zero-order valence-electron chi connectivity index (χ0n) is 14.4. The summed E-state index contributed by atoms with van der Waals surface area (Å²) in [6, 6.07) is 25.3. The van der Waals surface area contributed by atoms with Gasteiger partial charge < -0.3 is 4.74 Å². The summed E-state index contributed by atoms with van der Waals surface area (Å²) in [4.78, 5) is 4.54. The molecule has 4 rings (SSSR count). The SMILES string of the molecule is COc1ccc2cc(-c3ccc(C)cc3-c3ccccn3)ccc2c1. The van der Waals surface area contributed by atoms with Gasteiger partial charge in [0.05, 0.1) is 12.8 Å². The monoisotopic (exact) mass is 325 g/mol. The molecule has 0 aliphatic carbocycles. The van der Waals surface area contributed by atoms with E-state index in [4.69, 9.17) is 4.74 Å². The Hall–Kier alpha value is -3.13. The lowest BCUT2D eigenvalue weighted by atomic mass is 9.94. The normalized spacial score (nSPS) is 10.8. The summed E-state index contributed by atoms with van der Waals surface area (Å²) in [6.45, 7) is 2.11. The van der Waals surface area contributed by atoms with Gasteiger partial charge >= 0.3 is 0 Å². The molecule has 0 spiro atoms. The maximum absolute atomic E-state index is 5.32. The predicted molar refractivity (Wildman–Crippen MR) is 104 cm³/mol. The number of hydrogen-bond acceptors (Lipinski definition) is 2. The van der Waals surface area contributed by atoms with Crippen LogP contribution in [0, 0.1) is 6.92 Å². The largest absolute Gasteiger partial charge is 0.497 e. The van der Waals surface area contributed by atoms with Crippen LogP contribution in [0.25, 0.3) is 33.2 Å². The highest BCUT2D eigenvalue weighted by atomic mass is 16.5. The van der Waals surface area contributed by atoms with Crippen LogP contribution in [0.2, 0.25) is 0 Å². The van der Waals surface area contributed by atoms with Crippen LogP contribution >= 0.6 is 0 Å². The average Bonchev–Trinajstić information content (AvgIpc) is 2.68. The minimum Gasteiger partial charge on any atom is -0.497 e. The van der Waals surface area contributed by atoms with Gasteiger partial charge in [-0.1, -0.05) is 42.0 Å². The molecular weight excluding hydrogens is 306 g/mol. The summed E-state index contributed by atoms with van der Waals surface area (Å²) in [5.74, 6) is 0.879. The van der Waals surface area contributed by atoms with E-state index < -0.39 is 0 Å². The molecule has 0 fully saturated rings. The minimum atomic E-state index is 0.879. The molecule has 3 aromatic carbocycles. The van der Waals surface area contributed by atoms with Crippen molar-refractivity contribution >= 4 is 10.8 Å². The lowest BCUT2D eigenvalue weighted by molar-refractivity contribution is 0.415. The molecule has 2 heteroatoms. The molecule has 0 aliphatic rings. The van der Waals surface area contributed by atoms with Gasteiger partial charge in [-0.15, -0.1) is 0 Å². The summed E-state index contributed by atoms with van der Waals surface area (Å²) in [6.07, 6.45) is 1.84. The van der Waals surface area contributed by atoms with Gasteiger partial charge in [-0.3, -0.25) is 4.98 Å². The lowest BCUT2D eigenvalue weighted by Crippen LogP contribution is -1.89. The lowest BCUT2D eigenvalue weighted by Gasteiger charge is -2.12. The van der Waals surface area contributed by atoms with Crippen molar-refractivity contribution in [2.24, 2.45) is 0 Å². The van der Waals surface area contributed by atoms with Crippen LogP contribution in [0.1, 0.15) is 5.56 Å². The summed E-state index contributed by atoms with van der Waals surface area (Å²) < 4.78 is 5.32. The second-order valence-electron chi connectivity index (χ2n) is 6.19. The van der Waals surface area contributed by atoms with Gasteiger partial charge in [0.25, 0.3) is 0 Å². The first kappa shape index (κ1) is 15.4. The number of aryl methyl sites for hydroxylation is 1. The number of ether oxygens (including phenoxy) is 1. The predicted octanol–water partition coefficient (Wildman–Crippen LogP) is 5.89. The van der Waals surface area contributed by atoms with Crippen LogP contribution in [0.15, 0.2) is 79.0 Å². The molecule has 1 heterocycles. The van der Waals surface area contributed by atoms with Crippen LogP contribution in [0.4, 0.5) is 0 Å². The number of pyridine rings is 1. The Morgan fingerprint density at radius 1 is 0.760 bits per heavy atom. The van der Waals surface area contributed by atoms with E-state index in [1.165, 1.54) is 27.5 Å². The molecule has 0 saturated carbocycles. The van der Waals surface area contributed by atoms with E-state index in [-0.39, 0.29) is 0 Å². The Morgan fingerprint density at radius 2 is 1.60 bits per heavy atom. The van der Waals surface area contributed by atoms with Crippen LogP contribution in [-0.4, -0.2) is 12.1 Å². The highest BCUT2D eigenvalue weighted by Gasteiger charge is 2.09. The van der Waals surface area contributed by atoms with E-state index in [2.05, 4.69) is 66.5 Å². The summed E-state index contributed by atoms with van der Waals surface area (Å²) in [5, 5.41) is 2.38. The third kappa shape index (κ3) is 2.99. The van der Waals surface area contributed by atoms with Crippen molar-refractivity contribution < 1.29 is 4.74 Å². The zero-order chi connectivity index (χ0) is 17.2. The number of aromatic nitrogens is 1. The standard InChI is InChI=1S/C23H19NO/c1-16-6-11-21(22(13-16)23-5-3-4-12-24-23)19-8-7-18-15-20(25-2)10-9-17(18)14-19/h3-15H,1-2H3. The molecule has 0 N–H and O–H groups in total. The Balaban J connectivity index is 1.88. The molecular formula is C23H19NO. The van der Waals surface area contributed by atoms with Crippen molar-refractivity contribution in [3.05, 3.63) is 84.6 Å². The number of rotatable bonds is 3. The second-order valence-corrected chi connectivity index (χ2v) is 6.19. The van der Waals surface area contributed by atoms with Crippen molar-refractivity contribution in [3.8, 4) is 28.1 Å². The Bertz CT molecular complexity index is 1040. The van der Waals surface area contributed by atoms with E-state index in [0.717, 1.165) is 17.0 Å². The molecule has 0 amide bonds. The second kappa shape index (κ2) is 6.40. The molecule has 25 heavy (non-hydrogen) atoms. The minimum absolute atomic E-state index is 0.879. The number of nitrogens with zero attached hydrogens (tertiary/aromatic N) is 1. The summed E-state index contributed by atoms with van der Waals surface area (Å²) in [5.41, 5.74) is 5.78. The van der Waals surface area contributed by atoms with Gasteiger partial charge in [0.1, 0.15) is 5.75 Å². The fraction of sp³-hybridized carbons (Fsp3) is 0.0870. The highest BCUT2D eigenvalue weighted by molar-refractivity contribution is 5.91. The molecule has 2 nitrogen and oxygen atoms in total. The van der Waals surface area contributed by atoms with E-state index in [1.807, 2.05) is 24.4 Å². The maximum Gasteiger partial charge on any atom is 0.119 e. The van der Waals surface area contributed by atoms with Crippen molar-refractivity contribution in [1.82, 2.24) is 4.98 Å². The first-order valence-electron chi connectivity index (χ1n) is 8.35. The summed E-state index contributed by atoms with van der Waals surface area (Å²) >= 11 is 0. The maximum atomic E-state index is 5.32. The molecule has 1 aromatic heterocycles. The Kier molecular flexibility index (Phi) is 3.95. The topological polar surface area (TPSA) is 22.1 Å². The van der Waals surface area contributed by atoms with Gasteiger partial charge in [0, 0.05) is 11.8 Å². The number of methoxy groups -OCH3 is 1. The molecule has 0 radical (unpaired) electrons. The van der Waals surface area contributed by atoms with Gasteiger partial charge in [-0.05, 0) is 65.2 Å². The Labute approximate surface area is 147 Å². The van der Waals surface area contributed by atoms with E-state index in [0.29, 0.717) is 0 Å². The molecule has 4 aromatic rings. The first-order valence-corrected chi connectivity index (χ1v) is 8.35. The fourth-order valence-corrected chi connectivity index (χ4v) is 3.16. The molecule has 0 bridgehead atoms.